The van der Waals surface area contributed by atoms with Gasteiger partial charge < -0.3 is 29.2 Å². The fourth-order valence-corrected chi connectivity index (χ4v) is 10.4. The minimum Gasteiger partial charge on any atom is -1.00 e. The Morgan fingerprint density at radius 3 is 2.26 bits per heavy atom. The molecule has 1 aromatic heterocycles. The third-order valence-corrected chi connectivity index (χ3v) is 11.9. The predicted octanol–water partition coefficient (Wildman–Crippen LogP) is 3.00. The summed E-state index contributed by atoms with van der Waals surface area (Å²) in [5.41, 5.74) is 10.7. The van der Waals surface area contributed by atoms with Gasteiger partial charge in [0.25, 0.3) is 0 Å². The summed E-state index contributed by atoms with van der Waals surface area (Å²) in [6.45, 7) is 13.9. The van der Waals surface area contributed by atoms with Gasteiger partial charge in [-0.05, 0) is 35.6 Å². The Bertz CT molecular complexity index is 1330. The van der Waals surface area contributed by atoms with Gasteiger partial charge in [0, 0.05) is 16.7 Å². The summed E-state index contributed by atoms with van der Waals surface area (Å²) < 4.78 is 5.22. The van der Waals surface area contributed by atoms with Gasteiger partial charge in [-0.2, -0.15) is 6.07 Å². The molecule has 1 radical (unpaired) electrons. The maximum Gasteiger partial charge on any atom is 3.00 e. The van der Waals surface area contributed by atoms with Gasteiger partial charge >= 0.3 is 26.2 Å². The molecule has 0 N–H and O–H groups in total. The third-order valence-electron chi connectivity index (χ3n) is 7.76. The second kappa shape index (κ2) is 11.4. The van der Waals surface area contributed by atoms with Crippen molar-refractivity contribution in [3.63, 3.8) is 0 Å². The van der Waals surface area contributed by atoms with Crippen molar-refractivity contribution in [2.45, 2.75) is 58.7 Å². The summed E-state index contributed by atoms with van der Waals surface area (Å²) in [6.07, 6.45) is 5.06. The van der Waals surface area contributed by atoms with Crippen LogP contribution in [0.4, 0.5) is 0 Å². The number of fused-ring (bicyclic) bond motifs is 1. The van der Waals surface area contributed by atoms with Crippen LogP contribution >= 0.6 is 0 Å². The van der Waals surface area contributed by atoms with E-state index in [0.717, 1.165) is 5.54 Å². The van der Waals surface area contributed by atoms with E-state index >= 15 is 0 Å². The number of hydrogen-bond donors (Lipinski definition) is 0. The molecule has 3 heterocycles. The fraction of sp³-hybridized carbons (Fsp3) is 0.300. The molecule has 2 atom stereocenters. The SMILES string of the molecule is CC1=C2c3cocc3C1[Si]2(C)C.CCC(C)c1ccc(-c2cccc3[cH-]c(C)cc23)cc1.[Cl-].[Cl-].[Zr+3]. The topological polar surface area (TPSA) is 13.1 Å². The Morgan fingerprint density at radius 1 is 0.971 bits per heavy atom. The van der Waals surface area contributed by atoms with Crippen LogP contribution in [-0.4, -0.2) is 8.07 Å². The Hall–Kier alpha value is -1.25. The molecule has 0 fully saturated rings. The van der Waals surface area contributed by atoms with Crippen LogP contribution in [0.25, 0.3) is 27.1 Å². The van der Waals surface area contributed by atoms with Gasteiger partial charge in [0.05, 0.1) is 20.6 Å². The maximum atomic E-state index is 5.22. The molecule has 0 spiro atoms. The number of hydrogen-bond acceptors (Lipinski definition) is 1. The molecule has 35 heavy (non-hydrogen) atoms. The van der Waals surface area contributed by atoms with Crippen LogP contribution in [0.3, 0.4) is 0 Å². The largest absolute Gasteiger partial charge is 3.00 e. The summed E-state index contributed by atoms with van der Waals surface area (Å²) in [4.78, 5) is 0. The van der Waals surface area contributed by atoms with Crippen LogP contribution in [0.1, 0.15) is 60.9 Å². The van der Waals surface area contributed by atoms with Crippen LogP contribution in [0.2, 0.25) is 13.1 Å². The van der Waals surface area contributed by atoms with Gasteiger partial charge in [-0.3, -0.25) is 0 Å². The molecule has 5 heteroatoms. The Labute approximate surface area is 242 Å². The van der Waals surface area contributed by atoms with E-state index in [1.54, 1.807) is 10.8 Å². The quantitative estimate of drug-likeness (QED) is 0.261. The molecular formula is C30H33Cl2OSiZr. The molecule has 2 unspecified atom stereocenters. The first-order chi connectivity index (χ1) is 15.3. The second-order valence-corrected chi connectivity index (χ2v) is 14.7. The first-order valence-electron chi connectivity index (χ1n) is 11.9. The number of benzene rings is 2. The number of furan rings is 1. The van der Waals surface area contributed by atoms with Gasteiger partial charge in [-0.1, -0.05) is 75.3 Å². The average molecular weight is 600 g/mol. The Morgan fingerprint density at radius 2 is 1.66 bits per heavy atom. The first-order valence-corrected chi connectivity index (χ1v) is 14.9. The first kappa shape index (κ1) is 30.0. The standard InChI is InChI=1S/C20H21.C10H12OSi.2ClH.Zr/c1-4-15(3)16-8-10-17(11-9-16)19-7-5-6-18-12-14(2)13-20(18)19;1-6-9-7-4-11-5-8(7)10(6)12(9,2)3;;;/h5-13,15H,4H2,1-3H3;4-5,9H,1-3H3;2*1H;/q-1;;;;+3/p-2. The van der Waals surface area contributed by atoms with E-state index in [4.69, 9.17) is 4.42 Å². The molecule has 3 aliphatic rings. The summed E-state index contributed by atoms with van der Waals surface area (Å²) in [7, 11) is -1.04. The summed E-state index contributed by atoms with van der Waals surface area (Å²) >= 11 is 0. The Kier molecular flexibility index (Phi) is 9.79. The molecule has 1 aliphatic carbocycles. The number of halogens is 2. The minimum atomic E-state index is -1.04. The number of aryl methyl sites for hydroxylation is 1. The normalized spacial score (nSPS) is 17.1. The smallest absolute Gasteiger partial charge is 1.00 e. The van der Waals surface area contributed by atoms with E-state index in [0.29, 0.717) is 5.92 Å². The van der Waals surface area contributed by atoms with Crippen molar-refractivity contribution in [1.82, 2.24) is 0 Å². The summed E-state index contributed by atoms with van der Waals surface area (Å²) in [5, 5.41) is 4.36. The van der Waals surface area contributed by atoms with E-state index in [1.807, 2.05) is 12.5 Å². The molecule has 3 aromatic carbocycles. The Balaban J connectivity index is 0.000000249. The molecule has 0 saturated carbocycles. The monoisotopic (exact) mass is 597 g/mol. The van der Waals surface area contributed by atoms with Crippen molar-refractivity contribution in [2.24, 2.45) is 0 Å². The molecule has 2 bridgehead atoms. The third kappa shape index (κ3) is 4.99. The maximum absolute atomic E-state index is 5.22. The average Bonchev–Trinajstić information content (AvgIpc) is 3.49. The molecule has 0 saturated heterocycles. The van der Waals surface area contributed by atoms with Crippen LogP contribution in [0.5, 0.6) is 0 Å². The summed E-state index contributed by atoms with van der Waals surface area (Å²) in [6, 6.07) is 20.2. The van der Waals surface area contributed by atoms with Crippen LogP contribution in [0, 0.1) is 6.92 Å². The summed E-state index contributed by atoms with van der Waals surface area (Å²) in [5.74, 6) is 0.640. The van der Waals surface area contributed by atoms with Gasteiger partial charge in [0.2, 0.25) is 0 Å². The van der Waals surface area contributed by atoms with Crippen molar-refractivity contribution in [3.05, 3.63) is 95.0 Å². The van der Waals surface area contributed by atoms with Crippen molar-refractivity contribution in [3.8, 4) is 11.1 Å². The van der Waals surface area contributed by atoms with Gasteiger partial charge in [0.1, 0.15) is 0 Å². The fourth-order valence-electron chi connectivity index (χ4n) is 6.04. The molecule has 4 aromatic rings. The van der Waals surface area contributed by atoms with Crippen LogP contribution in [-0.2, 0) is 26.2 Å². The van der Waals surface area contributed by atoms with E-state index in [-0.39, 0.29) is 51.0 Å². The second-order valence-electron chi connectivity index (χ2n) is 10.2. The molecule has 2 aliphatic heterocycles. The molecular weight excluding hydrogens is 567 g/mol. The van der Waals surface area contributed by atoms with E-state index < -0.39 is 8.07 Å². The predicted molar refractivity (Wildman–Crippen MR) is 140 cm³/mol. The van der Waals surface area contributed by atoms with E-state index in [2.05, 4.69) is 95.4 Å². The van der Waals surface area contributed by atoms with Gasteiger partial charge in [0.15, 0.2) is 0 Å². The zero-order chi connectivity index (χ0) is 22.6. The van der Waals surface area contributed by atoms with E-state index in [1.165, 1.54) is 50.6 Å². The molecule has 181 valence electrons. The van der Waals surface area contributed by atoms with Crippen LogP contribution in [0.15, 0.2) is 77.1 Å². The molecule has 0 amide bonds. The van der Waals surface area contributed by atoms with Crippen LogP contribution < -0.4 is 24.8 Å². The zero-order valence-electron chi connectivity index (χ0n) is 21.4. The number of allylic oxidation sites excluding steroid dienone is 1. The molecule has 1 nitrogen and oxygen atoms in total. The van der Waals surface area contributed by atoms with Crippen molar-refractivity contribution in [1.29, 1.82) is 0 Å². The minimum absolute atomic E-state index is 0. The number of rotatable bonds is 3. The van der Waals surface area contributed by atoms with Crippen molar-refractivity contribution >= 4 is 24.0 Å². The van der Waals surface area contributed by atoms with Crippen molar-refractivity contribution < 1.29 is 55.4 Å². The van der Waals surface area contributed by atoms with Crippen molar-refractivity contribution in [2.75, 3.05) is 0 Å². The van der Waals surface area contributed by atoms with Gasteiger partial charge in [-0.15, -0.1) is 34.5 Å². The van der Waals surface area contributed by atoms with Gasteiger partial charge in [-0.25, -0.2) is 0 Å². The molecule has 7 rings (SSSR count). The zero-order valence-corrected chi connectivity index (χ0v) is 26.3. The van der Waals surface area contributed by atoms with E-state index in [9.17, 15) is 0 Å².